The molecule has 1 atom stereocenters. The number of rotatable bonds is 8. The lowest BCUT2D eigenvalue weighted by atomic mass is 10.1. The van der Waals surface area contributed by atoms with E-state index in [1.165, 1.54) is 4.88 Å². The fourth-order valence-electron chi connectivity index (χ4n) is 3.27. The predicted octanol–water partition coefficient (Wildman–Crippen LogP) is 3.28. The van der Waals surface area contributed by atoms with Crippen molar-refractivity contribution >= 4 is 22.9 Å². The van der Waals surface area contributed by atoms with Gasteiger partial charge in [-0.2, -0.15) is 0 Å². The van der Waals surface area contributed by atoms with Gasteiger partial charge in [0.1, 0.15) is 0 Å². The summed E-state index contributed by atoms with van der Waals surface area (Å²) in [5.41, 5.74) is 2.07. The minimum absolute atomic E-state index is 0.0922. The molecule has 5 nitrogen and oxygen atoms in total. The molecule has 2 heterocycles. The molecule has 1 aromatic carbocycles. The van der Waals surface area contributed by atoms with Gasteiger partial charge in [0.25, 0.3) is 0 Å². The minimum Gasteiger partial charge on any atom is -0.368 e. The normalized spacial score (nSPS) is 17.1. The standard InChI is InChI=1S/C21H29N3O2S/c1-22-10-8-19(20-7-4-14-27-20)26-16-17-5-3-6-18(15-17)24-13-12-23(2)11-9-21(24)25/h3-7,14-15,19,22H,8-13,16H2,1-2H3. The zero-order valence-corrected chi connectivity index (χ0v) is 17.0. The van der Waals surface area contributed by atoms with Gasteiger partial charge in [0, 0.05) is 36.6 Å². The summed E-state index contributed by atoms with van der Waals surface area (Å²) in [6, 6.07) is 12.4. The number of carbonyl (C=O) groups excluding carboxylic acids is 1. The highest BCUT2D eigenvalue weighted by Crippen LogP contribution is 2.27. The topological polar surface area (TPSA) is 44.8 Å². The number of thiophene rings is 1. The largest absolute Gasteiger partial charge is 0.368 e. The number of likely N-dealkylation sites (N-methyl/N-ethyl adjacent to an activating group) is 1. The van der Waals surface area contributed by atoms with Crippen LogP contribution in [0.4, 0.5) is 5.69 Å². The van der Waals surface area contributed by atoms with Crippen LogP contribution in [-0.4, -0.2) is 51.1 Å². The summed E-state index contributed by atoms with van der Waals surface area (Å²) in [5, 5.41) is 5.29. The highest BCUT2D eigenvalue weighted by Gasteiger charge is 2.20. The van der Waals surface area contributed by atoms with Crippen molar-refractivity contribution in [1.29, 1.82) is 0 Å². The Hall–Kier alpha value is -1.73. The quantitative estimate of drug-likeness (QED) is 0.755. The van der Waals surface area contributed by atoms with Crippen molar-refractivity contribution in [1.82, 2.24) is 10.2 Å². The molecule has 6 heteroatoms. The first-order valence-corrected chi connectivity index (χ1v) is 10.4. The molecule has 0 saturated carbocycles. The van der Waals surface area contributed by atoms with Crippen LogP contribution in [0.15, 0.2) is 41.8 Å². The Balaban J connectivity index is 1.67. The molecule has 2 aromatic rings. The van der Waals surface area contributed by atoms with Crippen LogP contribution >= 0.6 is 11.3 Å². The third-order valence-electron chi connectivity index (χ3n) is 4.90. The average Bonchev–Trinajstić information content (AvgIpc) is 3.15. The van der Waals surface area contributed by atoms with Crippen LogP contribution in [0, 0.1) is 0 Å². The molecule has 1 amide bonds. The highest BCUT2D eigenvalue weighted by molar-refractivity contribution is 7.10. The van der Waals surface area contributed by atoms with Crippen molar-refractivity contribution in [3.63, 3.8) is 0 Å². The van der Waals surface area contributed by atoms with Crippen LogP contribution < -0.4 is 10.2 Å². The van der Waals surface area contributed by atoms with Gasteiger partial charge in [0.15, 0.2) is 0 Å². The van der Waals surface area contributed by atoms with E-state index in [4.69, 9.17) is 4.74 Å². The Morgan fingerprint density at radius 2 is 2.11 bits per heavy atom. The van der Waals surface area contributed by atoms with Crippen LogP contribution in [0.5, 0.6) is 0 Å². The smallest absolute Gasteiger partial charge is 0.228 e. The van der Waals surface area contributed by atoms with Crippen molar-refractivity contribution in [3.05, 3.63) is 52.2 Å². The van der Waals surface area contributed by atoms with Crippen LogP contribution in [0.3, 0.4) is 0 Å². The molecule has 1 saturated heterocycles. The number of carbonyl (C=O) groups is 1. The summed E-state index contributed by atoms with van der Waals surface area (Å²) in [5.74, 6) is 0.197. The number of anilines is 1. The molecule has 27 heavy (non-hydrogen) atoms. The third-order valence-corrected chi connectivity index (χ3v) is 5.87. The van der Waals surface area contributed by atoms with E-state index in [2.05, 4.69) is 46.9 Å². The first-order valence-electron chi connectivity index (χ1n) is 9.55. The number of benzene rings is 1. The van der Waals surface area contributed by atoms with Gasteiger partial charge < -0.3 is 19.9 Å². The van der Waals surface area contributed by atoms with E-state index in [1.807, 2.05) is 24.1 Å². The van der Waals surface area contributed by atoms with Gasteiger partial charge in [-0.1, -0.05) is 18.2 Å². The molecule has 0 spiro atoms. The van der Waals surface area contributed by atoms with Gasteiger partial charge in [-0.25, -0.2) is 0 Å². The molecule has 1 unspecified atom stereocenters. The maximum absolute atomic E-state index is 12.5. The van der Waals surface area contributed by atoms with E-state index in [-0.39, 0.29) is 12.0 Å². The second-order valence-electron chi connectivity index (χ2n) is 6.98. The zero-order chi connectivity index (χ0) is 19.1. The Kier molecular flexibility index (Phi) is 7.41. The van der Waals surface area contributed by atoms with Crippen molar-refractivity contribution in [2.24, 2.45) is 0 Å². The maximum atomic E-state index is 12.5. The number of hydrogen-bond donors (Lipinski definition) is 1. The lowest BCUT2D eigenvalue weighted by Crippen LogP contribution is -2.32. The second kappa shape index (κ2) is 9.99. The van der Waals surface area contributed by atoms with Crippen molar-refractivity contribution in [2.45, 2.75) is 25.6 Å². The molecule has 1 fully saturated rings. The lowest BCUT2D eigenvalue weighted by molar-refractivity contribution is -0.118. The minimum atomic E-state index is 0.0922. The fourth-order valence-corrected chi connectivity index (χ4v) is 4.08. The van der Waals surface area contributed by atoms with Crippen molar-refractivity contribution in [3.8, 4) is 0 Å². The molecule has 1 aliphatic heterocycles. The number of ether oxygens (including phenoxy) is 1. The number of amides is 1. The van der Waals surface area contributed by atoms with Crippen LogP contribution in [0.25, 0.3) is 0 Å². The molecule has 146 valence electrons. The summed E-state index contributed by atoms with van der Waals surface area (Å²) >= 11 is 1.73. The van der Waals surface area contributed by atoms with Crippen LogP contribution in [-0.2, 0) is 16.1 Å². The lowest BCUT2D eigenvalue weighted by Gasteiger charge is -2.22. The van der Waals surface area contributed by atoms with E-state index in [0.29, 0.717) is 13.0 Å². The molecule has 3 rings (SSSR count). The first-order chi connectivity index (χ1) is 13.2. The number of hydrogen-bond acceptors (Lipinski definition) is 5. The predicted molar refractivity (Wildman–Crippen MR) is 111 cm³/mol. The third kappa shape index (κ3) is 5.62. The Morgan fingerprint density at radius 3 is 2.89 bits per heavy atom. The summed E-state index contributed by atoms with van der Waals surface area (Å²) in [6.45, 7) is 3.92. The molecular weight excluding hydrogens is 358 g/mol. The SMILES string of the molecule is CNCCC(OCc1cccc(N2CCN(C)CCC2=O)c1)c1cccs1. The van der Waals surface area contributed by atoms with Gasteiger partial charge in [0.2, 0.25) is 5.91 Å². The van der Waals surface area contributed by atoms with Gasteiger partial charge in [-0.15, -0.1) is 11.3 Å². The van der Waals surface area contributed by atoms with E-state index < -0.39 is 0 Å². The first kappa shape index (κ1) is 20.0. The molecular formula is C21H29N3O2S. The number of nitrogens with one attached hydrogen (secondary N) is 1. The maximum Gasteiger partial charge on any atom is 0.228 e. The van der Waals surface area contributed by atoms with E-state index in [9.17, 15) is 4.79 Å². The van der Waals surface area contributed by atoms with Gasteiger partial charge in [0.05, 0.1) is 12.7 Å². The van der Waals surface area contributed by atoms with Crippen molar-refractivity contribution < 1.29 is 9.53 Å². The molecule has 1 aliphatic rings. The van der Waals surface area contributed by atoms with Crippen molar-refractivity contribution in [2.75, 3.05) is 45.2 Å². The highest BCUT2D eigenvalue weighted by atomic mass is 32.1. The van der Waals surface area contributed by atoms with Gasteiger partial charge >= 0.3 is 0 Å². The molecule has 1 aromatic heterocycles. The van der Waals surface area contributed by atoms with Crippen LogP contribution in [0.1, 0.15) is 29.4 Å². The van der Waals surface area contributed by atoms with Gasteiger partial charge in [-0.3, -0.25) is 4.79 Å². The summed E-state index contributed by atoms with van der Waals surface area (Å²) in [6.07, 6.45) is 1.60. The Morgan fingerprint density at radius 1 is 1.22 bits per heavy atom. The summed E-state index contributed by atoms with van der Waals surface area (Å²) < 4.78 is 6.24. The van der Waals surface area contributed by atoms with Crippen LogP contribution in [0.2, 0.25) is 0 Å². The summed E-state index contributed by atoms with van der Waals surface area (Å²) in [4.78, 5) is 17.8. The molecule has 0 bridgehead atoms. The van der Waals surface area contributed by atoms with E-state index in [1.54, 1.807) is 11.3 Å². The average molecular weight is 388 g/mol. The second-order valence-corrected chi connectivity index (χ2v) is 7.96. The number of nitrogens with zero attached hydrogens (tertiary/aromatic N) is 2. The van der Waals surface area contributed by atoms with E-state index >= 15 is 0 Å². The zero-order valence-electron chi connectivity index (χ0n) is 16.2. The monoisotopic (exact) mass is 387 g/mol. The molecule has 0 radical (unpaired) electrons. The molecule has 1 N–H and O–H groups in total. The Labute approximate surface area is 165 Å². The Bertz CT molecular complexity index is 720. The van der Waals surface area contributed by atoms with E-state index in [0.717, 1.165) is 43.9 Å². The molecule has 0 aliphatic carbocycles. The van der Waals surface area contributed by atoms with Gasteiger partial charge in [-0.05, 0) is 56.2 Å². The fraction of sp³-hybridized carbons (Fsp3) is 0.476. The summed E-state index contributed by atoms with van der Waals surface area (Å²) in [7, 11) is 4.03.